The molecule has 0 spiro atoms. The molecule has 0 saturated carbocycles. The third-order valence-electron chi connectivity index (χ3n) is 3.60. The van der Waals surface area contributed by atoms with Gasteiger partial charge in [0.2, 0.25) is 0 Å². The topological polar surface area (TPSA) is 79.3 Å². The molecule has 2 rings (SSSR count). The number of aryl methyl sites for hydroxylation is 1. The number of carboxylic acid groups (broad SMARTS) is 1. The number of nitrogens with zero attached hydrogens (tertiary/aromatic N) is 1. The van der Waals surface area contributed by atoms with Crippen LogP contribution in [0.5, 0.6) is 0 Å². The van der Waals surface area contributed by atoms with Gasteiger partial charge in [-0.1, -0.05) is 42.9 Å². The lowest BCUT2D eigenvalue weighted by Crippen LogP contribution is -2.30. The van der Waals surface area contributed by atoms with Crippen molar-refractivity contribution >= 4 is 44.8 Å². The Bertz CT molecular complexity index is 805. The summed E-state index contributed by atoms with van der Waals surface area (Å²) in [6.07, 6.45) is 2.10. The molecule has 136 valence electrons. The molecule has 0 aliphatic heterocycles. The minimum atomic E-state index is -1.19. The maximum absolute atomic E-state index is 11.8. The molecule has 1 aromatic heterocycles. The molecule has 1 aromatic carbocycles. The fourth-order valence-corrected chi connectivity index (χ4v) is 4.53. The van der Waals surface area contributed by atoms with E-state index in [0.29, 0.717) is 21.5 Å². The highest BCUT2D eigenvalue weighted by Crippen LogP contribution is 2.35. The van der Waals surface area contributed by atoms with Crippen LogP contribution in [0.15, 0.2) is 23.1 Å². The first-order valence-corrected chi connectivity index (χ1v) is 10.5. The fourth-order valence-electron chi connectivity index (χ4n) is 2.43. The van der Waals surface area contributed by atoms with Crippen molar-refractivity contribution in [1.82, 2.24) is 4.98 Å². The summed E-state index contributed by atoms with van der Waals surface area (Å²) in [6, 6.07) is 4.69. The first kappa shape index (κ1) is 19.9. The summed E-state index contributed by atoms with van der Waals surface area (Å²) in [7, 11) is -1.19. The van der Waals surface area contributed by atoms with Crippen LogP contribution in [0, 0.1) is 12.8 Å². The number of carboxylic acids is 1. The van der Waals surface area contributed by atoms with E-state index >= 15 is 0 Å². The van der Waals surface area contributed by atoms with Gasteiger partial charge < -0.3 is 10.4 Å². The zero-order valence-electron chi connectivity index (χ0n) is 14.5. The van der Waals surface area contributed by atoms with Gasteiger partial charge in [0.1, 0.15) is 6.04 Å². The molecule has 2 atom stereocenters. The van der Waals surface area contributed by atoms with Crippen LogP contribution in [-0.2, 0) is 15.6 Å². The van der Waals surface area contributed by atoms with Crippen molar-refractivity contribution in [3.8, 4) is 10.4 Å². The zero-order valence-corrected chi connectivity index (χ0v) is 16.9. The van der Waals surface area contributed by atoms with Gasteiger partial charge in [-0.3, -0.25) is 4.21 Å². The summed E-state index contributed by atoms with van der Waals surface area (Å²) in [5.41, 5.74) is 1.66. The predicted molar refractivity (Wildman–Crippen MR) is 104 cm³/mol. The monoisotopic (exact) mass is 400 g/mol. The average Bonchev–Trinajstić information content (AvgIpc) is 2.87. The molecule has 2 unspecified atom stereocenters. The second kappa shape index (κ2) is 8.29. The molecule has 2 aromatic rings. The molecule has 1 heterocycles. The van der Waals surface area contributed by atoms with Crippen LogP contribution in [0.1, 0.15) is 26.0 Å². The second-order valence-corrected chi connectivity index (χ2v) is 8.95. The average molecular weight is 401 g/mol. The minimum absolute atomic E-state index is 0.257. The third kappa shape index (κ3) is 5.03. The predicted octanol–water partition coefficient (Wildman–Crippen LogP) is 4.42. The quantitative estimate of drug-likeness (QED) is 0.719. The standard InChI is InChI=1S/C17H21ClN2O3S2/c1-9(2)7-13(16(21)22)20-17-19-10(3)15(24-17)11-5-6-12(18)14(8-11)25(4)23/h5-6,8-9,13H,7H2,1-4H3,(H,19,20)(H,21,22). The van der Waals surface area contributed by atoms with Gasteiger partial charge in [0.25, 0.3) is 0 Å². The number of benzene rings is 1. The van der Waals surface area contributed by atoms with Crippen molar-refractivity contribution in [3.05, 3.63) is 28.9 Å². The molecule has 25 heavy (non-hydrogen) atoms. The van der Waals surface area contributed by atoms with Crippen molar-refractivity contribution in [2.75, 3.05) is 11.6 Å². The van der Waals surface area contributed by atoms with Gasteiger partial charge in [-0.25, -0.2) is 9.78 Å². The lowest BCUT2D eigenvalue weighted by molar-refractivity contribution is -0.138. The van der Waals surface area contributed by atoms with Crippen LogP contribution in [0.25, 0.3) is 10.4 Å². The van der Waals surface area contributed by atoms with E-state index in [0.717, 1.165) is 16.1 Å². The fraction of sp³-hybridized carbons (Fsp3) is 0.412. The van der Waals surface area contributed by atoms with E-state index in [4.69, 9.17) is 11.6 Å². The van der Waals surface area contributed by atoms with Crippen LogP contribution in [0.4, 0.5) is 5.13 Å². The molecular formula is C17H21ClN2O3S2. The molecule has 0 fully saturated rings. The Morgan fingerprint density at radius 3 is 2.68 bits per heavy atom. The van der Waals surface area contributed by atoms with Crippen LogP contribution < -0.4 is 5.32 Å². The molecule has 2 N–H and O–H groups in total. The normalized spacial score (nSPS) is 13.7. The molecule has 8 heteroatoms. The summed E-state index contributed by atoms with van der Waals surface area (Å²) in [5, 5.41) is 13.4. The smallest absolute Gasteiger partial charge is 0.326 e. The van der Waals surface area contributed by atoms with Crippen molar-refractivity contribution in [3.63, 3.8) is 0 Å². The Balaban J connectivity index is 2.32. The maximum Gasteiger partial charge on any atom is 0.326 e. The summed E-state index contributed by atoms with van der Waals surface area (Å²) in [4.78, 5) is 17.3. The first-order chi connectivity index (χ1) is 11.7. The lowest BCUT2D eigenvalue weighted by atomic mass is 10.0. The molecule has 0 saturated heterocycles. The number of nitrogens with one attached hydrogen (secondary N) is 1. The highest BCUT2D eigenvalue weighted by molar-refractivity contribution is 7.84. The Labute approximate surface area is 158 Å². The number of anilines is 1. The second-order valence-electron chi connectivity index (χ2n) is 6.20. The summed E-state index contributed by atoms with van der Waals surface area (Å²) < 4.78 is 11.8. The van der Waals surface area contributed by atoms with Crippen LogP contribution in [-0.4, -0.2) is 32.6 Å². The molecule has 0 bridgehead atoms. The van der Waals surface area contributed by atoms with Crippen molar-refractivity contribution in [2.24, 2.45) is 5.92 Å². The summed E-state index contributed by atoms with van der Waals surface area (Å²) >= 11 is 7.48. The number of hydrogen-bond acceptors (Lipinski definition) is 5. The van der Waals surface area contributed by atoms with E-state index in [1.807, 2.05) is 26.8 Å². The molecule has 5 nitrogen and oxygen atoms in total. The number of hydrogen-bond donors (Lipinski definition) is 2. The molecule has 0 radical (unpaired) electrons. The number of halogens is 1. The van der Waals surface area contributed by atoms with Crippen molar-refractivity contribution in [2.45, 2.75) is 38.1 Å². The van der Waals surface area contributed by atoms with E-state index in [1.165, 1.54) is 11.3 Å². The number of aliphatic carboxylic acids is 1. The number of aromatic nitrogens is 1. The van der Waals surface area contributed by atoms with Crippen LogP contribution in [0.2, 0.25) is 5.02 Å². The van der Waals surface area contributed by atoms with Gasteiger partial charge in [0.15, 0.2) is 5.13 Å². The third-order valence-corrected chi connectivity index (χ3v) is 6.14. The largest absolute Gasteiger partial charge is 0.480 e. The Kier molecular flexibility index (Phi) is 6.59. The van der Waals surface area contributed by atoms with Crippen LogP contribution >= 0.6 is 22.9 Å². The Hall–Kier alpha value is -1.44. The van der Waals surface area contributed by atoms with Gasteiger partial charge in [0, 0.05) is 6.26 Å². The number of carbonyl (C=O) groups is 1. The maximum atomic E-state index is 11.8. The molecule has 0 aliphatic carbocycles. The van der Waals surface area contributed by atoms with Crippen molar-refractivity contribution in [1.29, 1.82) is 0 Å². The number of rotatable bonds is 7. The van der Waals surface area contributed by atoms with Gasteiger partial charge >= 0.3 is 5.97 Å². The number of thiazole rings is 1. The van der Waals surface area contributed by atoms with E-state index < -0.39 is 22.8 Å². The SMILES string of the molecule is Cc1nc(NC(CC(C)C)C(=O)O)sc1-c1ccc(Cl)c(S(C)=O)c1. The Morgan fingerprint density at radius 2 is 2.12 bits per heavy atom. The lowest BCUT2D eigenvalue weighted by Gasteiger charge is -2.15. The Morgan fingerprint density at radius 1 is 1.44 bits per heavy atom. The van der Waals surface area contributed by atoms with Crippen LogP contribution in [0.3, 0.4) is 0 Å². The zero-order chi connectivity index (χ0) is 18.7. The van der Waals surface area contributed by atoms with E-state index in [9.17, 15) is 14.1 Å². The van der Waals surface area contributed by atoms with Gasteiger partial charge in [0.05, 0.1) is 31.3 Å². The first-order valence-electron chi connectivity index (χ1n) is 7.79. The minimum Gasteiger partial charge on any atom is -0.480 e. The van der Waals surface area contributed by atoms with Gasteiger partial charge in [-0.05, 0) is 37.0 Å². The van der Waals surface area contributed by atoms with Gasteiger partial charge in [-0.2, -0.15) is 0 Å². The summed E-state index contributed by atoms with van der Waals surface area (Å²) in [5.74, 6) is -0.634. The van der Waals surface area contributed by atoms with E-state index in [2.05, 4.69) is 10.3 Å². The van der Waals surface area contributed by atoms with E-state index in [-0.39, 0.29) is 5.92 Å². The molecular weight excluding hydrogens is 380 g/mol. The molecule has 0 aliphatic rings. The van der Waals surface area contributed by atoms with Crippen molar-refractivity contribution < 1.29 is 14.1 Å². The van der Waals surface area contributed by atoms with Gasteiger partial charge in [-0.15, -0.1) is 0 Å². The summed E-state index contributed by atoms with van der Waals surface area (Å²) in [6.45, 7) is 5.83. The molecule has 0 amide bonds. The highest BCUT2D eigenvalue weighted by Gasteiger charge is 2.21. The highest BCUT2D eigenvalue weighted by atomic mass is 35.5. The van der Waals surface area contributed by atoms with E-state index in [1.54, 1.807) is 18.4 Å².